The summed E-state index contributed by atoms with van der Waals surface area (Å²) in [6.07, 6.45) is 81.6. The van der Waals surface area contributed by atoms with Crippen LogP contribution in [0.3, 0.4) is 0 Å². The average Bonchev–Trinajstić information content (AvgIpc) is 3.39. The lowest BCUT2D eigenvalue weighted by Crippen LogP contribution is -2.30. The van der Waals surface area contributed by atoms with Crippen LogP contribution in [0.25, 0.3) is 0 Å². The molecule has 418 valence electrons. The van der Waals surface area contributed by atoms with E-state index >= 15 is 0 Å². The van der Waals surface area contributed by atoms with Gasteiger partial charge in [0.2, 0.25) is 0 Å². The van der Waals surface area contributed by atoms with E-state index in [9.17, 15) is 14.4 Å². The van der Waals surface area contributed by atoms with Crippen molar-refractivity contribution in [2.75, 3.05) is 13.2 Å². The molecule has 0 aromatic rings. The van der Waals surface area contributed by atoms with Crippen molar-refractivity contribution in [3.63, 3.8) is 0 Å². The Kier molecular flexibility index (Phi) is 57.8. The third kappa shape index (κ3) is 59.1. The Morgan fingerprint density at radius 2 is 0.562 bits per heavy atom. The molecule has 0 N–H and O–H groups in total. The minimum Gasteiger partial charge on any atom is -0.462 e. The van der Waals surface area contributed by atoms with E-state index in [0.717, 1.165) is 103 Å². The van der Waals surface area contributed by atoms with Crippen LogP contribution in [0.4, 0.5) is 0 Å². The van der Waals surface area contributed by atoms with Crippen LogP contribution in [0.1, 0.15) is 290 Å². The van der Waals surface area contributed by atoms with Crippen LogP contribution < -0.4 is 0 Å². The molecule has 6 nitrogen and oxygen atoms in total. The molecule has 0 radical (unpaired) electrons. The molecule has 0 spiro atoms. The molecule has 0 bridgehead atoms. The molecule has 0 fully saturated rings. The molecular formula is C67H114O6. The first kappa shape index (κ1) is 69.3. The topological polar surface area (TPSA) is 78.9 Å². The summed E-state index contributed by atoms with van der Waals surface area (Å²) >= 11 is 0. The van der Waals surface area contributed by atoms with Crippen LogP contribution in [0.15, 0.2) is 97.2 Å². The molecule has 0 saturated carbocycles. The Morgan fingerprint density at radius 1 is 0.288 bits per heavy atom. The summed E-state index contributed by atoms with van der Waals surface area (Å²) in [5.41, 5.74) is 0. The van der Waals surface area contributed by atoms with Crippen LogP contribution in [0.5, 0.6) is 0 Å². The minimum absolute atomic E-state index is 0.106. The summed E-state index contributed by atoms with van der Waals surface area (Å²) in [5, 5.41) is 0. The lowest BCUT2D eigenvalue weighted by atomic mass is 10.0. The highest BCUT2D eigenvalue weighted by atomic mass is 16.6. The fourth-order valence-corrected chi connectivity index (χ4v) is 8.53. The lowest BCUT2D eigenvalue weighted by molar-refractivity contribution is -0.166. The molecule has 0 heterocycles. The van der Waals surface area contributed by atoms with Crippen LogP contribution in [0.2, 0.25) is 0 Å². The van der Waals surface area contributed by atoms with Crippen LogP contribution >= 0.6 is 0 Å². The number of carbonyl (C=O) groups is 3. The first-order chi connectivity index (χ1) is 36.0. The third-order valence-electron chi connectivity index (χ3n) is 13.1. The number of carbonyl (C=O) groups excluding carboxylic acids is 3. The van der Waals surface area contributed by atoms with Gasteiger partial charge in [0.25, 0.3) is 0 Å². The van der Waals surface area contributed by atoms with Gasteiger partial charge in [0, 0.05) is 19.3 Å². The third-order valence-corrected chi connectivity index (χ3v) is 13.1. The van der Waals surface area contributed by atoms with Gasteiger partial charge < -0.3 is 14.2 Å². The number of hydrogen-bond acceptors (Lipinski definition) is 6. The van der Waals surface area contributed by atoms with E-state index in [1.54, 1.807) is 0 Å². The zero-order chi connectivity index (χ0) is 52.9. The maximum atomic E-state index is 12.8. The van der Waals surface area contributed by atoms with Gasteiger partial charge in [-0.05, 0) is 103 Å². The maximum Gasteiger partial charge on any atom is 0.306 e. The van der Waals surface area contributed by atoms with E-state index in [2.05, 4.69) is 112 Å². The molecule has 1 atom stereocenters. The Balaban J connectivity index is 4.28. The molecule has 0 rings (SSSR count). The smallest absolute Gasteiger partial charge is 0.306 e. The van der Waals surface area contributed by atoms with Gasteiger partial charge in [-0.3, -0.25) is 14.4 Å². The monoisotopic (exact) mass is 1010 g/mol. The average molecular weight is 1020 g/mol. The highest BCUT2D eigenvalue weighted by Gasteiger charge is 2.19. The van der Waals surface area contributed by atoms with E-state index in [1.807, 2.05) is 6.08 Å². The summed E-state index contributed by atoms with van der Waals surface area (Å²) < 4.78 is 16.8. The summed E-state index contributed by atoms with van der Waals surface area (Å²) in [6.45, 7) is 6.35. The number of esters is 3. The number of hydrogen-bond donors (Lipinski definition) is 0. The Labute approximate surface area is 451 Å². The number of rotatable bonds is 55. The second kappa shape index (κ2) is 60.9. The quantitative estimate of drug-likeness (QED) is 0.0261. The largest absolute Gasteiger partial charge is 0.462 e. The number of ether oxygens (including phenoxy) is 3. The predicted molar refractivity (Wildman–Crippen MR) is 316 cm³/mol. The van der Waals surface area contributed by atoms with Gasteiger partial charge >= 0.3 is 17.9 Å². The standard InChI is InChI=1S/C67H114O6/c1-4-7-10-13-16-19-22-25-27-28-29-30-31-32-33-34-35-36-37-38-40-42-45-48-51-54-57-60-66(69)72-63-64(62-71-65(68)59-56-53-50-47-44-41-24-21-18-15-12-9-6-3)73-67(70)61-58-55-52-49-46-43-39-26-23-20-17-14-11-8-5-2/h8-9,11-12,17-18,20-21,26,28-29,39,41,44,50,53,64H,4-7,10,13-16,19,22-25,27,30-38,40,42-43,45-49,51-52,54-63H2,1-3H3/b11-8-,12-9-,20-17-,21-18-,29-28-,39-26-,44-41-,53-50-. The molecule has 6 heteroatoms. The van der Waals surface area contributed by atoms with Crippen molar-refractivity contribution in [3.8, 4) is 0 Å². The maximum absolute atomic E-state index is 12.8. The number of unbranched alkanes of at least 4 members (excludes halogenated alkanes) is 28. The summed E-state index contributed by atoms with van der Waals surface area (Å²) in [6, 6.07) is 0. The zero-order valence-electron chi connectivity index (χ0n) is 47.9. The van der Waals surface area contributed by atoms with Crippen LogP contribution in [-0.4, -0.2) is 37.2 Å². The zero-order valence-corrected chi connectivity index (χ0v) is 47.9. The van der Waals surface area contributed by atoms with Gasteiger partial charge in [0.05, 0.1) is 0 Å². The highest BCUT2D eigenvalue weighted by molar-refractivity contribution is 5.71. The molecular weight excluding hydrogens is 901 g/mol. The molecule has 0 saturated heterocycles. The van der Waals surface area contributed by atoms with Gasteiger partial charge in [0.1, 0.15) is 13.2 Å². The van der Waals surface area contributed by atoms with Crippen molar-refractivity contribution >= 4 is 17.9 Å². The number of allylic oxidation sites excluding steroid dienone is 16. The van der Waals surface area contributed by atoms with Crippen molar-refractivity contribution in [2.45, 2.75) is 297 Å². The summed E-state index contributed by atoms with van der Waals surface area (Å²) in [7, 11) is 0. The lowest BCUT2D eigenvalue weighted by Gasteiger charge is -2.18. The van der Waals surface area contributed by atoms with Crippen LogP contribution in [0, 0.1) is 0 Å². The normalized spacial score (nSPS) is 12.8. The fourth-order valence-electron chi connectivity index (χ4n) is 8.53. The van der Waals surface area contributed by atoms with Crippen molar-refractivity contribution in [3.05, 3.63) is 97.2 Å². The molecule has 0 aliphatic heterocycles. The SMILES string of the molecule is CC/C=C\C/C=C\C/C=C\C/C=C\CCC(=O)OCC(COC(=O)CCCCCCCCCCCCCCCCC/C=C\CCCCCCCCCC)OC(=O)CCCCCCC/C=C\C/C=C\C/C=C\CC. The van der Waals surface area contributed by atoms with E-state index in [1.165, 1.54) is 141 Å². The Morgan fingerprint density at radius 3 is 0.932 bits per heavy atom. The van der Waals surface area contributed by atoms with Crippen molar-refractivity contribution in [1.82, 2.24) is 0 Å². The van der Waals surface area contributed by atoms with E-state index in [-0.39, 0.29) is 37.5 Å². The minimum atomic E-state index is -0.816. The van der Waals surface area contributed by atoms with Crippen molar-refractivity contribution in [2.24, 2.45) is 0 Å². The molecule has 0 aliphatic rings. The first-order valence-electron chi connectivity index (χ1n) is 30.7. The van der Waals surface area contributed by atoms with Gasteiger partial charge in [0.15, 0.2) is 6.10 Å². The fraction of sp³-hybridized carbons (Fsp3) is 0.716. The molecule has 0 aliphatic carbocycles. The second-order valence-electron chi connectivity index (χ2n) is 20.2. The Hall–Kier alpha value is -3.67. The predicted octanol–water partition coefficient (Wildman–Crippen LogP) is 20.9. The molecule has 0 amide bonds. The van der Waals surface area contributed by atoms with Gasteiger partial charge in [-0.2, -0.15) is 0 Å². The van der Waals surface area contributed by atoms with Gasteiger partial charge in [-0.1, -0.05) is 266 Å². The highest BCUT2D eigenvalue weighted by Crippen LogP contribution is 2.16. The second-order valence-corrected chi connectivity index (χ2v) is 20.2. The Bertz CT molecular complexity index is 1440. The van der Waals surface area contributed by atoms with E-state index < -0.39 is 6.10 Å². The first-order valence-corrected chi connectivity index (χ1v) is 30.7. The molecule has 1 unspecified atom stereocenters. The summed E-state index contributed by atoms with van der Waals surface area (Å²) in [4.78, 5) is 38.1. The van der Waals surface area contributed by atoms with Crippen LogP contribution in [-0.2, 0) is 28.6 Å². The van der Waals surface area contributed by atoms with E-state index in [0.29, 0.717) is 19.3 Å². The van der Waals surface area contributed by atoms with Gasteiger partial charge in [-0.15, -0.1) is 0 Å². The summed E-state index contributed by atoms with van der Waals surface area (Å²) in [5.74, 6) is -1.00. The van der Waals surface area contributed by atoms with Crippen molar-refractivity contribution in [1.29, 1.82) is 0 Å². The van der Waals surface area contributed by atoms with Gasteiger partial charge in [-0.25, -0.2) is 0 Å². The molecule has 73 heavy (non-hydrogen) atoms. The van der Waals surface area contributed by atoms with E-state index in [4.69, 9.17) is 14.2 Å². The molecule has 0 aromatic carbocycles. The van der Waals surface area contributed by atoms with Crippen molar-refractivity contribution < 1.29 is 28.6 Å². The molecule has 0 aromatic heterocycles.